The van der Waals surface area contributed by atoms with Crippen LogP contribution in [0.2, 0.25) is 0 Å². The minimum atomic E-state index is -3.90. The first-order chi connectivity index (χ1) is 9.39. The molecule has 0 aliphatic heterocycles. The molecule has 0 spiro atoms. The van der Waals surface area contributed by atoms with E-state index in [2.05, 4.69) is 0 Å². The van der Waals surface area contributed by atoms with Crippen molar-refractivity contribution in [1.82, 2.24) is 4.31 Å². The molecule has 1 rings (SSSR count). The van der Waals surface area contributed by atoms with Gasteiger partial charge in [0.25, 0.3) is 0 Å². The molecule has 2 N–H and O–H groups in total. The van der Waals surface area contributed by atoms with Gasteiger partial charge in [-0.2, -0.15) is 4.31 Å². The zero-order valence-corrected chi connectivity index (χ0v) is 13.1. The maximum Gasteiger partial charge on any atom is 0.246 e. The third-order valence-corrected chi connectivity index (χ3v) is 6.03. The van der Waals surface area contributed by atoms with E-state index in [4.69, 9.17) is 5.73 Å². The fraction of sp³-hybridized carbons (Fsp3) is 0.571. The van der Waals surface area contributed by atoms with E-state index in [1.807, 2.05) is 13.8 Å². The summed E-state index contributed by atoms with van der Waals surface area (Å²) < 4.78 is 40.7. The molecule has 0 radical (unpaired) electrons. The molecular formula is C14H23FN2O2S. The van der Waals surface area contributed by atoms with Crippen molar-refractivity contribution >= 4 is 10.0 Å². The highest BCUT2D eigenvalue weighted by molar-refractivity contribution is 7.89. The Labute approximate surface area is 120 Å². The molecule has 0 aliphatic rings. The van der Waals surface area contributed by atoms with Crippen LogP contribution in [0.4, 0.5) is 4.39 Å². The standard InChI is InChI=1S/C14H23FN2O2S/c1-4-14(5-2,11-16)17(6-3)20(18,19)13-10-8-7-9-12(13)15/h7-10H,4-6,11,16H2,1-3H3. The summed E-state index contributed by atoms with van der Waals surface area (Å²) in [7, 11) is -3.90. The first-order valence-electron chi connectivity index (χ1n) is 6.87. The minimum Gasteiger partial charge on any atom is -0.329 e. The zero-order valence-electron chi connectivity index (χ0n) is 12.3. The first-order valence-corrected chi connectivity index (χ1v) is 8.31. The molecule has 4 nitrogen and oxygen atoms in total. The predicted molar refractivity (Wildman–Crippen MR) is 78.3 cm³/mol. The number of hydrogen-bond acceptors (Lipinski definition) is 3. The summed E-state index contributed by atoms with van der Waals surface area (Å²) in [4.78, 5) is -0.290. The molecule has 0 bridgehead atoms. The van der Waals surface area contributed by atoms with Gasteiger partial charge in [-0.25, -0.2) is 12.8 Å². The van der Waals surface area contributed by atoms with Gasteiger partial charge in [-0.3, -0.25) is 0 Å². The molecule has 0 fully saturated rings. The van der Waals surface area contributed by atoms with Gasteiger partial charge in [-0.05, 0) is 25.0 Å². The van der Waals surface area contributed by atoms with Crippen LogP contribution in [0.5, 0.6) is 0 Å². The molecule has 0 aliphatic carbocycles. The molecule has 114 valence electrons. The topological polar surface area (TPSA) is 63.4 Å². The van der Waals surface area contributed by atoms with Crippen molar-refractivity contribution < 1.29 is 12.8 Å². The second kappa shape index (κ2) is 6.65. The number of likely N-dealkylation sites (N-methyl/N-ethyl adjacent to an activating group) is 1. The summed E-state index contributed by atoms with van der Waals surface area (Å²) in [5.41, 5.74) is 5.15. The van der Waals surface area contributed by atoms with Crippen LogP contribution in [0.1, 0.15) is 33.6 Å². The third-order valence-electron chi connectivity index (χ3n) is 3.92. The Morgan fingerprint density at radius 2 is 1.75 bits per heavy atom. The molecule has 1 aromatic rings. The lowest BCUT2D eigenvalue weighted by Gasteiger charge is -2.40. The van der Waals surface area contributed by atoms with Crippen molar-refractivity contribution in [3.63, 3.8) is 0 Å². The van der Waals surface area contributed by atoms with E-state index in [1.54, 1.807) is 6.92 Å². The summed E-state index contributed by atoms with van der Waals surface area (Å²) in [5, 5.41) is 0. The van der Waals surface area contributed by atoms with Gasteiger partial charge in [-0.1, -0.05) is 32.9 Å². The lowest BCUT2D eigenvalue weighted by molar-refractivity contribution is 0.184. The van der Waals surface area contributed by atoms with Crippen molar-refractivity contribution in [2.45, 2.75) is 44.0 Å². The van der Waals surface area contributed by atoms with Crippen molar-refractivity contribution in [3.05, 3.63) is 30.1 Å². The van der Waals surface area contributed by atoms with Crippen LogP contribution in [-0.2, 0) is 10.0 Å². The molecule has 0 heterocycles. The summed E-state index contributed by atoms with van der Waals surface area (Å²) in [6, 6.07) is 5.44. The molecule has 6 heteroatoms. The van der Waals surface area contributed by atoms with Crippen molar-refractivity contribution in [1.29, 1.82) is 0 Å². The minimum absolute atomic E-state index is 0.210. The molecule has 0 saturated heterocycles. The lowest BCUT2D eigenvalue weighted by Crippen LogP contribution is -2.55. The molecular weight excluding hydrogens is 279 g/mol. The van der Waals surface area contributed by atoms with Crippen molar-refractivity contribution in [2.75, 3.05) is 13.1 Å². The summed E-state index contributed by atoms with van der Waals surface area (Å²) in [5.74, 6) is -0.732. The lowest BCUT2D eigenvalue weighted by atomic mass is 9.93. The van der Waals surface area contributed by atoms with Gasteiger partial charge >= 0.3 is 0 Å². The monoisotopic (exact) mass is 302 g/mol. The third kappa shape index (κ3) is 2.87. The van der Waals surface area contributed by atoms with Crippen LogP contribution in [0.3, 0.4) is 0 Å². The van der Waals surface area contributed by atoms with E-state index in [9.17, 15) is 12.8 Å². The van der Waals surface area contributed by atoms with E-state index < -0.39 is 21.4 Å². The molecule has 0 amide bonds. The van der Waals surface area contributed by atoms with Crippen LogP contribution < -0.4 is 5.73 Å². The number of benzene rings is 1. The predicted octanol–water partition coefficient (Wildman–Crippen LogP) is 2.35. The number of nitrogens with zero attached hydrogens (tertiary/aromatic N) is 1. The van der Waals surface area contributed by atoms with Crippen LogP contribution in [0.15, 0.2) is 29.2 Å². The van der Waals surface area contributed by atoms with Gasteiger partial charge in [0.1, 0.15) is 10.7 Å². The highest BCUT2D eigenvalue weighted by atomic mass is 32.2. The van der Waals surface area contributed by atoms with Gasteiger partial charge in [0.2, 0.25) is 10.0 Å². The second-order valence-corrected chi connectivity index (χ2v) is 6.57. The van der Waals surface area contributed by atoms with Crippen LogP contribution >= 0.6 is 0 Å². The van der Waals surface area contributed by atoms with E-state index in [-0.39, 0.29) is 18.0 Å². The zero-order chi connectivity index (χ0) is 15.4. The highest BCUT2D eigenvalue weighted by Gasteiger charge is 2.40. The van der Waals surface area contributed by atoms with Gasteiger partial charge in [0.05, 0.1) is 0 Å². The van der Waals surface area contributed by atoms with Gasteiger partial charge in [0.15, 0.2) is 0 Å². The Bertz CT molecular complexity index is 534. The average molecular weight is 302 g/mol. The Morgan fingerprint density at radius 1 is 1.20 bits per heavy atom. The second-order valence-electron chi connectivity index (χ2n) is 4.74. The summed E-state index contributed by atoms with van der Waals surface area (Å²) in [6.07, 6.45) is 1.17. The van der Waals surface area contributed by atoms with Crippen LogP contribution in [0.25, 0.3) is 0 Å². The molecule has 0 atom stereocenters. The SMILES string of the molecule is CCN(C(CC)(CC)CN)S(=O)(=O)c1ccccc1F. The highest BCUT2D eigenvalue weighted by Crippen LogP contribution is 2.30. The van der Waals surface area contributed by atoms with Crippen LogP contribution in [0, 0.1) is 5.82 Å². The fourth-order valence-electron chi connectivity index (χ4n) is 2.53. The smallest absolute Gasteiger partial charge is 0.246 e. The Balaban J connectivity index is 3.41. The first kappa shape index (κ1) is 17.1. The van der Waals surface area contributed by atoms with Crippen molar-refractivity contribution in [3.8, 4) is 0 Å². The number of sulfonamides is 1. The number of halogens is 1. The quantitative estimate of drug-likeness (QED) is 0.841. The Hall–Kier alpha value is -0.980. The van der Waals surface area contributed by atoms with Gasteiger partial charge < -0.3 is 5.73 Å². The number of nitrogens with two attached hydrogens (primary N) is 1. The van der Waals surface area contributed by atoms with Gasteiger partial charge in [-0.15, -0.1) is 0 Å². The largest absolute Gasteiger partial charge is 0.329 e. The van der Waals surface area contributed by atoms with Gasteiger partial charge in [0, 0.05) is 18.6 Å². The normalized spacial score (nSPS) is 12.9. The number of hydrogen-bond donors (Lipinski definition) is 1. The molecule has 0 aromatic heterocycles. The van der Waals surface area contributed by atoms with E-state index in [1.165, 1.54) is 22.5 Å². The maximum absolute atomic E-state index is 13.8. The summed E-state index contributed by atoms with van der Waals surface area (Å²) in [6.45, 7) is 6.01. The Morgan fingerprint density at radius 3 is 2.15 bits per heavy atom. The molecule has 0 unspecified atom stereocenters. The van der Waals surface area contributed by atoms with E-state index in [0.29, 0.717) is 12.8 Å². The molecule has 20 heavy (non-hydrogen) atoms. The fourth-order valence-corrected chi connectivity index (χ4v) is 4.51. The average Bonchev–Trinajstić information content (AvgIpc) is 2.45. The van der Waals surface area contributed by atoms with E-state index >= 15 is 0 Å². The van der Waals surface area contributed by atoms with Crippen LogP contribution in [-0.4, -0.2) is 31.4 Å². The Kier molecular flexibility index (Phi) is 5.68. The molecule has 0 saturated carbocycles. The maximum atomic E-state index is 13.8. The van der Waals surface area contributed by atoms with E-state index in [0.717, 1.165) is 6.07 Å². The van der Waals surface area contributed by atoms with Crippen molar-refractivity contribution in [2.24, 2.45) is 5.73 Å². The molecule has 1 aromatic carbocycles. The summed E-state index contributed by atoms with van der Waals surface area (Å²) >= 11 is 0. The number of rotatable bonds is 7.